The summed E-state index contributed by atoms with van der Waals surface area (Å²) >= 11 is 0. The summed E-state index contributed by atoms with van der Waals surface area (Å²) in [6.45, 7) is 0. The van der Waals surface area contributed by atoms with Crippen LogP contribution in [0.2, 0.25) is 0 Å². The van der Waals surface area contributed by atoms with Crippen molar-refractivity contribution in [3.05, 3.63) is 34.9 Å². The average molecular weight is 255 g/mol. The Morgan fingerprint density at radius 1 is 1.16 bits per heavy atom. The van der Waals surface area contributed by atoms with E-state index in [-0.39, 0.29) is 11.7 Å². The van der Waals surface area contributed by atoms with Crippen LogP contribution in [0.25, 0.3) is 0 Å². The van der Waals surface area contributed by atoms with Gasteiger partial charge in [-0.1, -0.05) is 24.6 Å². The highest BCUT2D eigenvalue weighted by molar-refractivity contribution is 6.27. The van der Waals surface area contributed by atoms with E-state index in [0.29, 0.717) is 12.0 Å². The van der Waals surface area contributed by atoms with E-state index in [1.54, 1.807) is 6.07 Å². The molecular weight excluding hydrogens is 242 g/mol. The molecule has 1 saturated heterocycles. The minimum atomic E-state index is -0.906. The highest BCUT2D eigenvalue weighted by atomic mass is 16.2. The SMILES string of the molecule is O=C1NC(=O)C23CCCCc4cccc(c42)C(=O)C13. The number of ketones is 1. The highest BCUT2D eigenvalue weighted by Crippen LogP contribution is 2.52. The monoisotopic (exact) mass is 255 g/mol. The number of imide groups is 1. The molecule has 3 aliphatic rings. The highest BCUT2D eigenvalue weighted by Gasteiger charge is 2.65. The van der Waals surface area contributed by atoms with Crippen molar-refractivity contribution >= 4 is 17.6 Å². The first-order valence-electron chi connectivity index (χ1n) is 6.68. The molecule has 1 heterocycles. The number of Topliss-reactive ketones (excluding diaryl/α,β-unsaturated/α-hetero) is 1. The van der Waals surface area contributed by atoms with E-state index in [4.69, 9.17) is 0 Å². The quantitative estimate of drug-likeness (QED) is 0.558. The molecule has 2 amide bonds. The summed E-state index contributed by atoms with van der Waals surface area (Å²) in [5, 5.41) is 2.37. The zero-order chi connectivity index (χ0) is 13.2. The van der Waals surface area contributed by atoms with Crippen LogP contribution in [0.4, 0.5) is 0 Å². The average Bonchev–Trinajstić information content (AvgIpc) is 2.69. The van der Waals surface area contributed by atoms with E-state index in [0.717, 1.165) is 30.4 Å². The van der Waals surface area contributed by atoms with E-state index in [2.05, 4.69) is 5.32 Å². The van der Waals surface area contributed by atoms with Gasteiger partial charge in [0.2, 0.25) is 11.8 Å². The summed E-state index contributed by atoms with van der Waals surface area (Å²) in [6.07, 6.45) is 3.36. The fourth-order valence-electron chi connectivity index (χ4n) is 4.05. The molecule has 1 aliphatic heterocycles. The summed E-state index contributed by atoms with van der Waals surface area (Å²) < 4.78 is 0. The van der Waals surface area contributed by atoms with Crippen molar-refractivity contribution in [2.75, 3.05) is 0 Å². The van der Waals surface area contributed by atoms with Gasteiger partial charge in [-0.15, -0.1) is 0 Å². The van der Waals surface area contributed by atoms with Gasteiger partial charge in [-0.3, -0.25) is 19.7 Å². The predicted molar refractivity (Wildman–Crippen MR) is 66.6 cm³/mol. The summed E-state index contributed by atoms with van der Waals surface area (Å²) in [6, 6.07) is 5.60. The van der Waals surface area contributed by atoms with Crippen LogP contribution in [-0.2, 0) is 21.4 Å². The Bertz CT molecular complexity index is 649. The number of nitrogens with one attached hydrogen (secondary N) is 1. The molecule has 4 heteroatoms. The van der Waals surface area contributed by atoms with Crippen LogP contribution >= 0.6 is 0 Å². The molecule has 2 aliphatic carbocycles. The van der Waals surface area contributed by atoms with Crippen molar-refractivity contribution in [1.82, 2.24) is 5.32 Å². The van der Waals surface area contributed by atoms with Gasteiger partial charge in [-0.25, -0.2) is 0 Å². The fourth-order valence-corrected chi connectivity index (χ4v) is 4.05. The van der Waals surface area contributed by atoms with E-state index in [9.17, 15) is 14.4 Å². The van der Waals surface area contributed by atoms with Crippen molar-refractivity contribution in [3.63, 3.8) is 0 Å². The number of hydrogen-bond acceptors (Lipinski definition) is 3. The van der Waals surface area contributed by atoms with Gasteiger partial charge < -0.3 is 0 Å². The van der Waals surface area contributed by atoms with Gasteiger partial charge in [0.05, 0.1) is 5.41 Å². The van der Waals surface area contributed by atoms with Crippen LogP contribution in [0.5, 0.6) is 0 Å². The molecule has 1 fully saturated rings. The number of carbonyl (C=O) groups is 3. The number of amides is 2. The Morgan fingerprint density at radius 3 is 2.84 bits per heavy atom. The fraction of sp³-hybridized carbons (Fsp3) is 0.400. The molecular formula is C15H13NO3. The lowest BCUT2D eigenvalue weighted by Gasteiger charge is -2.25. The molecule has 2 atom stereocenters. The Kier molecular flexibility index (Phi) is 1.91. The summed E-state index contributed by atoms with van der Waals surface area (Å²) in [5.41, 5.74) is 1.59. The van der Waals surface area contributed by atoms with Crippen LogP contribution in [-0.4, -0.2) is 17.6 Å². The van der Waals surface area contributed by atoms with Gasteiger partial charge in [-0.2, -0.15) is 0 Å². The maximum Gasteiger partial charge on any atom is 0.238 e. The maximum atomic E-state index is 12.5. The van der Waals surface area contributed by atoms with Crippen LogP contribution in [0.1, 0.15) is 40.7 Å². The molecule has 1 aromatic rings. The number of carbonyl (C=O) groups excluding carboxylic acids is 3. The lowest BCUT2D eigenvalue weighted by atomic mass is 9.72. The van der Waals surface area contributed by atoms with Crippen molar-refractivity contribution in [2.45, 2.75) is 31.1 Å². The van der Waals surface area contributed by atoms with Crippen LogP contribution < -0.4 is 5.32 Å². The second-order valence-corrected chi connectivity index (χ2v) is 5.63. The normalized spacial score (nSPS) is 31.8. The van der Waals surface area contributed by atoms with Gasteiger partial charge >= 0.3 is 0 Å². The molecule has 1 spiro atoms. The zero-order valence-corrected chi connectivity index (χ0v) is 10.4. The first-order chi connectivity index (χ1) is 9.16. The lowest BCUT2D eigenvalue weighted by Crippen LogP contribution is -2.38. The second-order valence-electron chi connectivity index (χ2n) is 5.63. The minimum absolute atomic E-state index is 0.179. The molecule has 0 bridgehead atoms. The van der Waals surface area contributed by atoms with E-state index in [1.807, 2.05) is 12.1 Å². The van der Waals surface area contributed by atoms with Gasteiger partial charge in [-0.05, 0) is 30.4 Å². The number of rotatable bonds is 0. The topological polar surface area (TPSA) is 63.2 Å². The zero-order valence-electron chi connectivity index (χ0n) is 10.4. The van der Waals surface area contributed by atoms with Gasteiger partial charge in [0.1, 0.15) is 5.92 Å². The molecule has 19 heavy (non-hydrogen) atoms. The molecule has 0 aromatic heterocycles. The molecule has 1 aromatic carbocycles. The largest absolute Gasteiger partial charge is 0.295 e. The smallest absolute Gasteiger partial charge is 0.238 e. The molecule has 0 saturated carbocycles. The Balaban J connectivity index is 2.10. The lowest BCUT2D eigenvalue weighted by molar-refractivity contribution is -0.126. The molecule has 96 valence electrons. The first kappa shape index (κ1) is 10.9. The van der Waals surface area contributed by atoms with E-state index < -0.39 is 17.2 Å². The van der Waals surface area contributed by atoms with Gasteiger partial charge in [0, 0.05) is 5.56 Å². The molecule has 4 nitrogen and oxygen atoms in total. The van der Waals surface area contributed by atoms with E-state index in [1.165, 1.54) is 0 Å². The van der Waals surface area contributed by atoms with Crippen LogP contribution in [0.3, 0.4) is 0 Å². The summed E-state index contributed by atoms with van der Waals surface area (Å²) in [7, 11) is 0. The predicted octanol–water partition coefficient (Wildman–Crippen LogP) is 1.12. The van der Waals surface area contributed by atoms with Crippen molar-refractivity contribution in [3.8, 4) is 0 Å². The van der Waals surface area contributed by atoms with Gasteiger partial charge in [0.25, 0.3) is 0 Å². The van der Waals surface area contributed by atoms with Crippen molar-refractivity contribution < 1.29 is 14.4 Å². The van der Waals surface area contributed by atoms with Crippen molar-refractivity contribution in [1.29, 1.82) is 0 Å². The molecule has 4 rings (SSSR count). The third-order valence-electron chi connectivity index (χ3n) is 4.79. The van der Waals surface area contributed by atoms with Crippen LogP contribution in [0.15, 0.2) is 18.2 Å². The second kappa shape index (κ2) is 3.32. The van der Waals surface area contributed by atoms with Gasteiger partial charge in [0.15, 0.2) is 5.78 Å². The number of aryl methyl sites for hydroxylation is 1. The maximum absolute atomic E-state index is 12.5. The first-order valence-corrected chi connectivity index (χ1v) is 6.68. The van der Waals surface area contributed by atoms with Crippen molar-refractivity contribution in [2.24, 2.45) is 5.92 Å². The third kappa shape index (κ3) is 1.08. The number of hydrogen-bond donors (Lipinski definition) is 1. The molecule has 1 N–H and O–H groups in total. The Labute approximate surface area is 110 Å². The Hall–Kier alpha value is -1.97. The standard InChI is InChI=1S/C15H13NO3/c17-12-9-6-3-5-8-4-1-2-7-15(10(8)9)11(12)13(18)16-14(15)19/h3,5-6,11H,1-2,4,7H2,(H,16,18,19). The third-order valence-corrected chi connectivity index (χ3v) is 4.79. The molecule has 2 unspecified atom stereocenters. The molecule has 0 radical (unpaired) electrons. The van der Waals surface area contributed by atoms with E-state index >= 15 is 0 Å². The summed E-state index contributed by atoms with van der Waals surface area (Å²) in [5.74, 6) is -1.70. The minimum Gasteiger partial charge on any atom is -0.295 e. The van der Waals surface area contributed by atoms with Crippen LogP contribution in [0, 0.1) is 5.92 Å². The summed E-state index contributed by atoms with van der Waals surface area (Å²) in [4.78, 5) is 36.9. The Morgan fingerprint density at radius 2 is 2.00 bits per heavy atom. The number of benzene rings is 1.